The van der Waals surface area contributed by atoms with E-state index in [1.54, 1.807) is 63.4 Å². The maximum atomic E-state index is 14.4. The van der Waals surface area contributed by atoms with Crippen molar-refractivity contribution in [1.29, 1.82) is 0 Å². The van der Waals surface area contributed by atoms with Gasteiger partial charge in [-0.05, 0) is 44.2 Å². The van der Waals surface area contributed by atoms with Crippen LogP contribution in [0.1, 0.15) is 25.2 Å². The lowest BCUT2D eigenvalue weighted by Crippen LogP contribution is -2.16. The Morgan fingerprint density at radius 1 is 1.04 bits per heavy atom. The molecule has 2 aromatic rings. The van der Waals surface area contributed by atoms with E-state index in [1.807, 2.05) is 0 Å². The van der Waals surface area contributed by atoms with Crippen LogP contribution in [0.4, 0.5) is 10.1 Å². The van der Waals surface area contributed by atoms with Gasteiger partial charge >= 0.3 is 7.60 Å². The summed E-state index contributed by atoms with van der Waals surface area (Å²) in [7, 11) is -2.07. The molecule has 0 saturated carbocycles. The second kappa shape index (κ2) is 8.99. The lowest BCUT2D eigenvalue weighted by atomic mass is 10.2. The van der Waals surface area contributed by atoms with Crippen molar-refractivity contribution >= 4 is 13.3 Å². The van der Waals surface area contributed by atoms with Gasteiger partial charge in [0.2, 0.25) is 0 Å². The maximum Gasteiger partial charge on any atom is 0.357 e. The molecule has 0 spiro atoms. The van der Waals surface area contributed by atoms with Crippen molar-refractivity contribution in [2.24, 2.45) is 0 Å². The SMILES string of the molecule is CCOP(=O)(OCC)C(Nc1ccc(OC)cc1)c1ccccc1F. The van der Waals surface area contributed by atoms with Gasteiger partial charge in [-0.2, -0.15) is 0 Å². The Hall–Kier alpha value is -1.88. The molecule has 0 heterocycles. The van der Waals surface area contributed by atoms with Crippen LogP contribution in [0, 0.1) is 5.82 Å². The van der Waals surface area contributed by atoms with Gasteiger partial charge in [0.1, 0.15) is 11.6 Å². The Morgan fingerprint density at radius 2 is 1.64 bits per heavy atom. The smallest absolute Gasteiger partial charge is 0.357 e. The standard InChI is InChI=1S/C18H23FNO4P/c1-4-23-25(21,24-5-2)18(16-8-6-7-9-17(16)19)20-14-10-12-15(22-3)13-11-14/h6-13,18,20H,4-5H2,1-3H3. The van der Waals surface area contributed by atoms with E-state index in [1.165, 1.54) is 6.07 Å². The monoisotopic (exact) mass is 367 g/mol. The molecule has 0 radical (unpaired) electrons. The Labute approximate surface area is 147 Å². The van der Waals surface area contributed by atoms with Crippen molar-refractivity contribution in [2.45, 2.75) is 19.6 Å². The highest BCUT2D eigenvalue weighted by molar-refractivity contribution is 7.54. The molecule has 0 saturated heterocycles. The molecular weight excluding hydrogens is 344 g/mol. The van der Waals surface area contributed by atoms with Crippen molar-refractivity contribution < 1.29 is 22.7 Å². The van der Waals surface area contributed by atoms with Crippen molar-refractivity contribution in [3.05, 3.63) is 59.9 Å². The number of halogens is 1. The number of benzene rings is 2. The van der Waals surface area contributed by atoms with E-state index in [2.05, 4.69) is 5.32 Å². The summed E-state index contributed by atoms with van der Waals surface area (Å²) in [6.07, 6.45) is 0. The van der Waals surface area contributed by atoms with Crippen LogP contribution in [0.3, 0.4) is 0 Å². The van der Waals surface area contributed by atoms with Gasteiger partial charge < -0.3 is 19.1 Å². The van der Waals surface area contributed by atoms with Crippen LogP contribution >= 0.6 is 7.60 Å². The zero-order chi connectivity index (χ0) is 18.3. The molecule has 1 atom stereocenters. The Balaban J connectivity index is 2.43. The Kier molecular flexibility index (Phi) is 7.00. The first-order chi connectivity index (χ1) is 12.0. The quantitative estimate of drug-likeness (QED) is 0.617. The number of ether oxygens (including phenoxy) is 1. The van der Waals surface area contributed by atoms with Crippen LogP contribution < -0.4 is 10.1 Å². The van der Waals surface area contributed by atoms with Gasteiger partial charge in [0.15, 0.2) is 5.78 Å². The predicted molar refractivity (Wildman–Crippen MR) is 96.6 cm³/mol. The lowest BCUT2D eigenvalue weighted by molar-refractivity contribution is 0.213. The molecule has 0 fully saturated rings. The summed E-state index contributed by atoms with van der Waals surface area (Å²) >= 11 is 0. The minimum absolute atomic E-state index is 0.187. The number of hydrogen-bond acceptors (Lipinski definition) is 5. The summed E-state index contributed by atoms with van der Waals surface area (Å²) in [4.78, 5) is 0. The highest BCUT2D eigenvalue weighted by Gasteiger charge is 2.38. The third-order valence-electron chi connectivity index (χ3n) is 3.53. The molecule has 0 aliphatic heterocycles. The van der Waals surface area contributed by atoms with E-state index in [9.17, 15) is 8.96 Å². The topological polar surface area (TPSA) is 56.8 Å². The van der Waals surface area contributed by atoms with Gasteiger partial charge in [-0.3, -0.25) is 4.57 Å². The van der Waals surface area contributed by atoms with Crippen LogP contribution in [-0.4, -0.2) is 20.3 Å². The van der Waals surface area contributed by atoms with Gasteiger partial charge in [-0.1, -0.05) is 18.2 Å². The molecule has 136 valence electrons. The summed E-state index contributed by atoms with van der Waals surface area (Å²) in [5, 5.41) is 3.09. The third kappa shape index (κ3) is 4.82. The first kappa shape index (κ1) is 19.4. The first-order valence-corrected chi connectivity index (χ1v) is 9.69. The van der Waals surface area contributed by atoms with E-state index in [4.69, 9.17) is 13.8 Å². The number of methoxy groups -OCH3 is 1. The normalized spacial score (nSPS) is 12.6. The molecule has 0 aliphatic carbocycles. The maximum absolute atomic E-state index is 14.4. The average molecular weight is 367 g/mol. The zero-order valence-electron chi connectivity index (χ0n) is 14.6. The van der Waals surface area contributed by atoms with Gasteiger partial charge in [0, 0.05) is 11.3 Å². The molecule has 5 nitrogen and oxygen atoms in total. The van der Waals surface area contributed by atoms with Gasteiger partial charge in [0.25, 0.3) is 0 Å². The summed E-state index contributed by atoms with van der Waals surface area (Å²) < 4.78 is 43.7. The molecular formula is C18H23FNO4P. The summed E-state index contributed by atoms with van der Waals surface area (Å²) in [6, 6.07) is 13.2. The van der Waals surface area contributed by atoms with Crippen LogP contribution in [0.25, 0.3) is 0 Å². The number of anilines is 1. The van der Waals surface area contributed by atoms with E-state index in [-0.39, 0.29) is 18.8 Å². The second-order valence-corrected chi connectivity index (χ2v) is 7.28. The van der Waals surface area contributed by atoms with Crippen LogP contribution in [0.15, 0.2) is 48.5 Å². The predicted octanol–water partition coefficient (Wildman–Crippen LogP) is 5.21. The average Bonchev–Trinajstić information content (AvgIpc) is 2.61. The van der Waals surface area contributed by atoms with Crippen molar-refractivity contribution in [3.8, 4) is 5.75 Å². The van der Waals surface area contributed by atoms with E-state index in [0.717, 1.165) is 0 Å². The highest BCUT2D eigenvalue weighted by Crippen LogP contribution is 2.61. The van der Waals surface area contributed by atoms with Gasteiger partial charge in [0.05, 0.1) is 20.3 Å². The summed E-state index contributed by atoms with van der Waals surface area (Å²) in [5.41, 5.74) is 0.872. The summed E-state index contributed by atoms with van der Waals surface area (Å²) in [5.74, 6) is -0.763. The van der Waals surface area contributed by atoms with Gasteiger partial charge in [-0.15, -0.1) is 0 Å². The Bertz CT molecular complexity index is 713. The third-order valence-corrected chi connectivity index (χ3v) is 5.80. The van der Waals surface area contributed by atoms with E-state index >= 15 is 0 Å². The number of rotatable bonds is 9. The fraction of sp³-hybridized carbons (Fsp3) is 0.333. The molecule has 0 aliphatic rings. The largest absolute Gasteiger partial charge is 0.497 e. The Morgan fingerprint density at radius 3 is 2.16 bits per heavy atom. The molecule has 0 amide bonds. The minimum atomic E-state index is -3.64. The molecule has 25 heavy (non-hydrogen) atoms. The molecule has 2 aromatic carbocycles. The van der Waals surface area contributed by atoms with Crippen LogP contribution in [-0.2, 0) is 13.6 Å². The van der Waals surface area contributed by atoms with Crippen LogP contribution in [0.2, 0.25) is 0 Å². The first-order valence-electron chi connectivity index (χ1n) is 8.07. The van der Waals surface area contributed by atoms with Crippen molar-refractivity contribution in [3.63, 3.8) is 0 Å². The lowest BCUT2D eigenvalue weighted by Gasteiger charge is -2.28. The molecule has 2 rings (SSSR count). The second-order valence-electron chi connectivity index (χ2n) is 5.17. The zero-order valence-corrected chi connectivity index (χ0v) is 15.5. The highest BCUT2D eigenvalue weighted by atomic mass is 31.2. The van der Waals surface area contributed by atoms with E-state index < -0.39 is 19.2 Å². The van der Waals surface area contributed by atoms with Gasteiger partial charge in [-0.25, -0.2) is 4.39 Å². The molecule has 0 aromatic heterocycles. The van der Waals surface area contributed by atoms with E-state index in [0.29, 0.717) is 11.4 Å². The number of hydrogen-bond donors (Lipinski definition) is 1. The van der Waals surface area contributed by atoms with Crippen molar-refractivity contribution in [2.75, 3.05) is 25.6 Å². The molecule has 7 heteroatoms. The fourth-order valence-electron chi connectivity index (χ4n) is 2.42. The minimum Gasteiger partial charge on any atom is -0.497 e. The van der Waals surface area contributed by atoms with Crippen molar-refractivity contribution in [1.82, 2.24) is 0 Å². The van der Waals surface area contributed by atoms with Crippen LogP contribution in [0.5, 0.6) is 5.75 Å². The summed E-state index contributed by atoms with van der Waals surface area (Å²) in [6.45, 7) is 3.81. The number of nitrogens with one attached hydrogen (secondary N) is 1. The molecule has 1 unspecified atom stereocenters. The molecule has 1 N–H and O–H groups in total. The fourth-order valence-corrected chi connectivity index (χ4v) is 4.37. The molecule has 0 bridgehead atoms.